The van der Waals surface area contributed by atoms with Crippen LogP contribution in [0.5, 0.6) is 0 Å². The van der Waals surface area contributed by atoms with Crippen LogP contribution in [0.3, 0.4) is 0 Å². The number of rotatable bonds is 8. The van der Waals surface area contributed by atoms with Crippen molar-refractivity contribution in [1.29, 1.82) is 0 Å². The minimum absolute atomic E-state index is 0.0295. The van der Waals surface area contributed by atoms with Crippen molar-refractivity contribution in [3.05, 3.63) is 81.7 Å². The lowest BCUT2D eigenvalue weighted by Gasteiger charge is -2.20. The third kappa shape index (κ3) is 11.6. The van der Waals surface area contributed by atoms with Crippen LogP contribution in [0.25, 0.3) is 43.4 Å². The molecule has 370 valence electrons. The molecule has 4 atom stereocenters. The van der Waals surface area contributed by atoms with Crippen molar-refractivity contribution in [2.45, 2.75) is 85.5 Å². The van der Waals surface area contributed by atoms with Gasteiger partial charge in [-0.2, -0.15) is 0 Å². The maximum atomic E-state index is 14.1. The Labute approximate surface area is 432 Å². The fourth-order valence-corrected chi connectivity index (χ4v) is 12.6. The average Bonchev–Trinajstić information content (AvgIpc) is 4.21. The van der Waals surface area contributed by atoms with E-state index in [9.17, 15) is 28.8 Å². The lowest BCUT2D eigenvalue weighted by Crippen LogP contribution is -2.40. The lowest BCUT2D eigenvalue weighted by molar-refractivity contribution is -0.122. The van der Waals surface area contributed by atoms with Crippen LogP contribution < -0.4 is 31.9 Å². The lowest BCUT2D eigenvalue weighted by atomic mass is 10.0. The van der Waals surface area contributed by atoms with Gasteiger partial charge in [-0.25, -0.2) is 34.9 Å². The van der Waals surface area contributed by atoms with Crippen LogP contribution in [-0.2, 0) is 9.59 Å². The van der Waals surface area contributed by atoms with Gasteiger partial charge in [0.15, 0.2) is 0 Å². The van der Waals surface area contributed by atoms with Crippen molar-refractivity contribution in [3.63, 3.8) is 0 Å². The molecule has 6 amide bonds. The van der Waals surface area contributed by atoms with Gasteiger partial charge in [-0.1, -0.05) is 34.6 Å². The number of fused-ring (bicyclic) bond motifs is 14. The van der Waals surface area contributed by atoms with Crippen LogP contribution in [0.15, 0.2) is 39.0 Å². The Balaban J connectivity index is 1.19. The number of pyridine rings is 1. The second-order valence-corrected chi connectivity index (χ2v) is 22.7. The normalized spacial score (nSPS) is 17.2. The number of carbonyl (C=O) groups excluding carboxylic acids is 6. The van der Waals surface area contributed by atoms with E-state index in [4.69, 9.17) is 19.9 Å². The number of carbonyl (C=O) groups is 6. The number of hydrogen-bond acceptors (Lipinski definition) is 19. The fourth-order valence-electron chi connectivity index (χ4n) is 7.12. The summed E-state index contributed by atoms with van der Waals surface area (Å²) in [7, 11) is 1.49. The molecule has 0 aliphatic carbocycles. The summed E-state index contributed by atoms with van der Waals surface area (Å²) >= 11 is 7.60. The number of nitrogens with one attached hydrogen (secondary N) is 6. The summed E-state index contributed by atoms with van der Waals surface area (Å²) in [5.41, 5.74) is 3.13. The van der Waals surface area contributed by atoms with Crippen molar-refractivity contribution in [1.82, 2.24) is 66.8 Å². The van der Waals surface area contributed by atoms with E-state index in [-0.39, 0.29) is 65.4 Å². The fraction of sp³-hybridized carbons (Fsp3) is 0.370. The van der Waals surface area contributed by atoms with Crippen LogP contribution in [0.4, 0.5) is 0 Å². The Kier molecular flexibility index (Phi) is 15.9. The van der Waals surface area contributed by atoms with Gasteiger partial charge < -0.3 is 31.9 Å². The summed E-state index contributed by atoms with van der Waals surface area (Å²) in [5.74, 6) is -2.92. The standard InChI is InChI=1S/C46H49N13O6S6/c1-9-21(6)49-38(63)28-17-68-42(54-28)24-11-10-23-36(50-24)26-14-67-43(52-26)30-18-70-45(56-30)33(19(2)3)57-32(61)13-48-37(62)27-15-69-46(55-27)34(20(4)5)58-40(65)35-22(7)71-44(59-35)25(12-31(60)47-8)51-39(64)29-16-66-41(23)53-29/h10-11,14-21,25,33-34H,9,12-13H2,1-8H3,(H,47,60)(H,48,62)(H,49,63)(H,51,64)(H,57,61)(H,58,65). The molecule has 7 aromatic rings. The molecule has 19 nitrogen and oxygen atoms in total. The van der Waals surface area contributed by atoms with Gasteiger partial charge >= 0.3 is 0 Å². The highest BCUT2D eigenvalue weighted by Crippen LogP contribution is 2.39. The molecule has 1 aliphatic rings. The van der Waals surface area contributed by atoms with Crippen molar-refractivity contribution in [2.24, 2.45) is 11.8 Å². The molecule has 0 aromatic carbocycles. The molecule has 0 saturated carbocycles. The molecule has 10 bridgehead atoms. The summed E-state index contributed by atoms with van der Waals surface area (Å²) < 4.78 is 0. The topological polar surface area (TPSA) is 265 Å². The molecule has 0 fully saturated rings. The summed E-state index contributed by atoms with van der Waals surface area (Å²) in [6.45, 7) is 13.1. The molecule has 0 saturated heterocycles. The molecule has 0 spiro atoms. The van der Waals surface area contributed by atoms with Crippen LogP contribution in [0, 0.1) is 18.8 Å². The third-order valence-corrected chi connectivity index (χ3v) is 16.8. The first-order valence-corrected chi connectivity index (χ1v) is 27.7. The Bertz CT molecular complexity index is 3130. The SMILES string of the molecule is CCC(C)NC(=O)c1csc(-c2ccc3c(n2)-c2csc(n2)-c2csc(n2)C(C(C)C)NC(=O)CNC(=O)c2csc(n2)C(C(C)C)NC(=O)c2nc(sc2C)C(CC(=O)NC)NC(=O)c2csc-3n2)n1. The number of hydrogen-bond donors (Lipinski definition) is 6. The molecule has 0 radical (unpaired) electrons. The number of thiazole rings is 6. The van der Waals surface area contributed by atoms with E-state index in [0.717, 1.165) is 6.42 Å². The summed E-state index contributed by atoms with van der Waals surface area (Å²) in [6.07, 6.45) is 0.589. The largest absolute Gasteiger partial charge is 0.359 e. The number of aryl methyl sites for hydroxylation is 1. The predicted octanol–water partition coefficient (Wildman–Crippen LogP) is 7.62. The van der Waals surface area contributed by atoms with Crippen LogP contribution >= 0.6 is 68.0 Å². The molecule has 25 heteroatoms. The van der Waals surface area contributed by atoms with E-state index < -0.39 is 41.8 Å². The maximum absolute atomic E-state index is 14.1. The van der Waals surface area contributed by atoms with Crippen molar-refractivity contribution in [3.8, 4) is 43.4 Å². The highest BCUT2D eigenvalue weighted by molar-refractivity contribution is 7.15. The summed E-state index contributed by atoms with van der Waals surface area (Å²) in [5, 5.41) is 28.8. The van der Waals surface area contributed by atoms with E-state index in [1.807, 2.05) is 58.4 Å². The van der Waals surface area contributed by atoms with Gasteiger partial charge in [-0.3, -0.25) is 28.8 Å². The first-order chi connectivity index (χ1) is 34.0. The molecular formula is C46H49N13O6S6. The quantitative estimate of drug-likeness (QED) is 0.0857. The zero-order chi connectivity index (χ0) is 50.7. The summed E-state index contributed by atoms with van der Waals surface area (Å²) in [4.78, 5) is 115. The van der Waals surface area contributed by atoms with Gasteiger partial charge in [-0.05, 0) is 44.2 Å². The zero-order valence-electron chi connectivity index (χ0n) is 39.7. The second kappa shape index (κ2) is 22.0. The van der Waals surface area contributed by atoms with Crippen LogP contribution in [0.1, 0.15) is 134 Å². The average molecular weight is 1070 g/mol. The molecule has 8 rings (SSSR count). The van der Waals surface area contributed by atoms with Gasteiger partial charge in [-0.15, -0.1) is 68.0 Å². The van der Waals surface area contributed by atoms with Gasteiger partial charge in [0.2, 0.25) is 11.8 Å². The highest BCUT2D eigenvalue weighted by Gasteiger charge is 2.31. The zero-order valence-corrected chi connectivity index (χ0v) is 44.6. The first kappa shape index (κ1) is 51.1. The van der Waals surface area contributed by atoms with E-state index in [1.165, 1.54) is 75.1 Å². The van der Waals surface area contributed by atoms with Gasteiger partial charge in [0.05, 0.1) is 36.8 Å². The van der Waals surface area contributed by atoms with E-state index in [1.54, 1.807) is 29.1 Å². The Morgan fingerprint density at radius 2 is 1.27 bits per heavy atom. The number of amides is 6. The Hall–Kier alpha value is -6.25. The third-order valence-electron chi connectivity index (χ3n) is 11.2. The second-order valence-electron chi connectivity index (χ2n) is 17.2. The van der Waals surface area contributed by atoms with E-state index in [0.29, 0.717) is 63.3 Å². The van der Waals surface area contributed by atoms with Crippen LogP contribution in [0.2, 0.25) is 0 Å². The van der Waals surface area contributed by atoms with Gasteiger partial charge in [0, 0.05) is 50.4 Å². The molecule has 1 aliphatic heterocycles. The Morgan fingerprint density at radius 1 is 0.648 bits per heavy atom. The maximum Gasteiger partial charge on any atom is 0.271 e. The van der Waals surface area contributed by atoms with Crippen LogP contribution in [-0.4, -0.2) is 90.0 Å². The minimum atomic E-state index is -0.931. The van der Waals surface area contributed by atoms with Gasteiger partial charge in [0.1, 0.15) is 69.9 Å². The molecule has 4 unspecified atom stereocenters. The number of aromatic nitrogens is 7. The molecule has 7 aromatic heterocycles. The monoisotopic (exact) mass is 1070 g/mol. The predicted molar refractivity (Wildman–Crippen MR) is 277 cm³/mol. The van der Waals surface area contributed by atoms with E-state index in [2.05, 4.69) is 46.9 Å². The smallest absolute Gasteiger partial charge is 0.271 e. The van der Waals surface area contributed by atoms with Gasteiger partial charge in [0.25, 0.3) is 23.6 Å². The highest BCUT2D eigenvalue weighted by atomic mass is 32.1. The van der Waals surface area contributed by atoms with E-state index >= 15 is 0 Å². The number of nitrogens with zero attached hydrogens (tertiary/aromatic N) is 7. The first-order valence-electron chi connectivity index (χ1n) is 22.5. The van der Waals surface area contributed by atoms with Crippen molar-refractivity contribution in [2.75, 3.05) is 13.6 Å². The molecular weight excluding hydrogens is 1020 g/mol. The molecule has 6 N–H and O–H groups in total. The Morgan fingerprint density at radius 3 is 1.99 bits per heavy atom. The van der Waals surface area contributed by atoms with Crippen molar-refractivity contribution < 1.29 is 28.8 Å². The molecule has 71 heavy (non-hydrogen) atoms. The molecule has 8 heterocycles. The summed E-state index contributed by atoms with van der Waals surface area (Å²) in [6, 6.07) is 1.55. The minimum Gasteiger partial charge on any atom is -0.359 e. The van der Waals surface area contributed by atoms with Crippen molar-refractivity contribution >= 4 is 103 Å².